The molecule has 1 heterocycles. The number of nitrogens with one attached hydrogen (secondary N) is 2. The van der Waals surface area contributed by atoms with Gasteiger partial charge in [0.25, 0.3) is 0 Å². The SMILES string of the molecule is CN=C(NCc1ccc(O)c(F)c1)NCc1coc(-c2ccc(C)cc2)n1.I. The number of aryl methyl sites for hydroxylation is 1. The van der Waals surface area contributed by atoms with Gasteiger partial charge in [0.1, 0.15) is 6.26 Å². The van der Waals surface area contributed by atoms with Crippen LogP contribution in [-0.2, 0) is 13.1 Å². The van der Waals surface area contributed by atoms with Gasteiger partial charge in [-0.05, 0) is 36.8 Å². The predicted octanol–water partition coefficient (Wildman–Crippen LogP) is 3.98. The normalized spacial score (nSPS) is 11.0. The third-order valence-electron chi connectivity index (χ3n) is 3.98. The van der Waals surface area contributed by atoms with Crippen molar-refractivity contribution in [3.63, 3.8) is 0 Å². The Morgan fingerprint density at radius 3 is 2.54 bits per heavy atom. The van der Waals surface area contributed by atoms with Crippen LogP contribution in [0.4, 0.5) is 4.39 Å². The van der Waals surface area contributed by atoms with Crippen LogP contribution >= 0.6 is 24.0 Å². The van der Waals surface area contributed by atoms with Crippen LogP contribution in [0.5, 0.6) is 5.75 Å². The number of hydrogen-bond acceptors (Lipinski definition) is 4. The molecule has 28 heavy (non-hydrogen) atoms. The number of phenols is 1. The summed E-state index contributed by atoms with van der Waals surface area (Å²) in [6, 6.07) is 12.2. The number of aromatic nitrogens is 1. The number of oxazole rings is 1. The highest BCUT2D eigenvalue weighted by molar-refractivity contribution is 14.0. The number of phenolic OH excluding ortho intramolecular Hbond substituents is 1. The fraction of sp³-hybridized carbons (Fsp3) is 0.200. The second-order valence-corrected chi connectivity index (χ2v) is 6.08. The van der Waals surface area contributed by atoms with Crippen LogP contribution in [0.15, 0.2) is 58.1 Å². The lowest BCUT2D eigenvalue weighted by molar-refractivity contribution is 0.431. The van der Waals surface area contributed by atoms with Crippen LogP contribution < -0.4 is 10.6 Å². The highest BCUT2D eigenvalue weighted by Crippen LogP contribution is 2.19. The van der Waals surface area contributed by atoms with E-state index in [2.05, 4.69) is 20.6 Å². The summed E-state index contributed by atoms with van der Waals surface area (Å²) >= 11 is 0. The Morgan fingerprint density at radius 1 is 1.14 bits per heavy atom. The smallest absolute Gasteiger partial charge is 0.226 e. The monoisotopic (exact) mass is 496 g/mol. The zero-order chi connectivity index (χ0) is 19.2. The summed E-state index contributed by atoms with van der Waals surface area (Å²) in [6.45, 7) is 2.82. The van der Waals surface area contributed by atoms with E-state index in [0.717, 1.165) is 11.3 Å². The van der Waals surface area contributed by atoms with Gasteiger partial charge in [-0.2, -0.15) is 0 Å². The van der Waals surface area contributed by atoms with Crippen molar-refractivity contribution in [3.05, 3.63) is 71.4 Å². The molecule has 0 saturated carbocycles. The standard InChI is InChI=1S/C20H21FN4O2.HI/c1-13-3-6-15(7-4-13)19-25-16(12-27-19)11-24-20(22-2)23-10-14-5-8-18(26)17(21)9-14;/h3-9,12,26H,10-11H2,1-2H3,(H2,22,23,24);1H. The summed E-state index contributed by atoms with van der Waals surface area (Å²) in [4.78, 5) is 8.59. The fourth-order valence-electron chi connectivity index (χ4n) is 2.46. The Bertz CT molecular complexity index is 942. The molecule has 3 aromatic rings. The highest BCUT2D eigenvalue weighted by atomic mass is 127. The second-order valence-electron chi connectivity index (χ2n) is 6.08. The van der Waals surface area contributed by atoms with Gasteiger partial charge in [-0.15, -0.1) is 24.0 Å². The molecule has 0 aliphatic rings. The molecule has 0 fully saturated rings. The summed E-state index contributed by atoms with van der Waals surface area (Å²) in [5.74, 6) is 0.0952. The lowest BCUT2D eigenvalue weighted by Crippen LogP contribution is -2.36. The molecule has 8 heteroatoms. The molecule has 0 bridgehead atoms. The van der Waals surface area contributed by atoms with Gasteiger partial charge in [0.2, 0.25) is 5.89 Å². The number of aliphatic imine (C=N–C) groups is 1. The summed E-state index contributed by atoms with van der Waals surface area (Å²) < 4.78 is 18.9. The molecule has 148 valence electrons. The molecule has 6 nitrogen and oxygen atoms in total. The average molecular weight is 496 g/mol. The fourth-order valence-corrected chi connectivity index (χ4v) is 2.46. The first-order chi connectivity index (χ1) is 13.0. The zero-order valence-electron chi connectivity index (χ0n) is 15.6. The number of guanidine groups is 1. The number of rotatable bonds is 5. The Morgan fingerprint density at radius 2 is 1.86 bits per heavy atom. The maximum atomic E-state index is 13.4. The minimum atomic E-state index is -0.650. The minimum Gasteiger partial charge on any atom is -0.505 e. The van der Waals surface area contributed by atoms with Crippen molar-refractivity contribution in [3.8, 4) is 17.2 Å². The highest BCUT2D eigenvalue weighted by Gasteiger charge is 2.08. The summed E-state index contributed by atoms with van der Waals surface area (Å²) in [7, 11) is 1.65. The van der Waals surface area contributed by atoms with Crippen LogP contribution in [0.1, 0.15) is 16.8 Å². The van der Waals surface area contributed by atoms with Gasteiger partial charge in [0.15, 0.2) is 17.5 Å². The molecule has 0 spiro atoms. The summed E-state index contributed by atoms with van der Waals surface area (Å²) in [5.41, 5.74) is 3.53. The molecule has 0 unspecified atom stereocenters. The molecule has 0 aliphatic carbocycles. The van der Waals surface area contributed by atoms with Crippen molar-refractivity contribution in [2.75, 3.05) is 7.05 Å². The Kier molecular flexibility index (Phi) is 7.80. The van der Waals surface area contributed by atoms with Gasteiger partial charge in [0.05, 0.1) is 12.2 Å². The number of halogens is 2. The molecule has 3 N–H and O–H groups in total. The number of aromatic hydroxyl groups is 1. The minimum absolute atomic E-state index is 0. The average Bonchev–Trinajstić information content (AvgIpc) is 3.14. The first-order valence-corrected chi connectivity index (χ1v) is 8.48. The molecule has 2 aromatic carbocycles. The quantitative estimate of drug-likeness (QED) is 0.283. The van der Waals surface area contributed by atoms with Crippen molar-refractivity contribution in [2.45, 2.75) is 20.0 Å². The van der Waals surface area contributed by atoms with Crippen molar-refractivity contribution in [1.29, 1.82) is 0 Å². The van der Waals surface area contributed by atoms with E-state index in [0.29, 0.717) is 30.5 Å². The van der Waals surface area contributed by atoms with Crippen LogP contribution in [0.2, 0.25) is 0 Å². The van der Waals surface area contributed by atoms with E-state index >= 15 is 0 Å². The maximum absolute atomic E-state index is 13.4. The van der Waals surface area contributed by atoms with E-state index in [-0.39, 0.29) is 29.7 Å². The molecular weight excluding hydrogens is 474 g/mol. The molecule has 0 aliphatic heterocycles. The third kappa shape index (κ3) is 5.69. The van der Waals surface area contributed by atoms with Crippen LogP contribution in [0, 0.1) is 12.7 Å². The first-order valence-electron chi connectivity index (χ1n) is 8.48. The molecule has 0 amide bonds. The molecule has 1 aromatic heterocycles. The van der Waals surface area contributed by atoms with Crippen molar-refractivity contribution in [2.24, 2.45) is 4.99 Å². The molecule has 0 saturated heterocycles. The van der Waals surface area contributed by atoms with Crippen LogP contribution in [-0.4, -0.2) is 23.1 Å². The van der Waals surface area contributed by atoms with Crippen molar-refractivity contribution in [1.82, 2.24) is 15.6 Å². The van der Waals surface area contributed by atoms with E-state index in [1.54, 1.807) is 19.4 Å². The van der Waals surface area contributed by atoms with E-state index in [1.807, 2.05) is 31.2 Å². The number of nitrogens with zero attached hydrogens (tertiary/aromatic N) is 2. The zero-order valence-corrected chi connectivity index (χ0v) is 17.9. The Balaban J connectivity index is 0.00000280. The predicted molar refractivity (Wildman–Crippen MR) is 117 cm³/mol. The molecular formula is C20H22FIN4O2. The molecule has 3 rings (SSSR count). The summed E-state index contributed by atoms with van der Waals surface area (Å²) in [6.07, 6.45) is 1.60. The molecule has 0 radical (unpaired) electrons. The van der Waals surface area contributed by atoms with Gasteiger partial charge in [-0.3, -0.25) is 4.99 Å². The van der Waals surface area contributed by atoms with Gasteiger partial charge in [-0.1, -0.05) is 23.8 Å². The van der Waals surface area contributed by atoms with E-state index in [9.17, 15) is 9.50 Å². The number of benzene rings is 2. The Labute approximate surface area is 179 Å². The van der Waals surface area contributed by atoms with Gasteiger partial charge >= 0.3 is 0 Å². The maximum Gasteiger partial charge on any atom is 0.226 e. The third-order valence-corrected chi connectivity index (χ3v) is 3.98. The van der Waals surface area contributed by atoms with Crippen LogP contribution in [0.3, 0.4) is 0 Å². The molecule has 0 atom stereocenters. The van der Waals surface area contributed by atoms with Gasteiger partial charge < -0.3 is 20.2 Å². The second kappa shape index (κ2) is 10.1. The lowest BCUT2D eigenvalue weighted by atomic mass is 10.1. The van der Waals surface area contributed by atoms with E-state index in [1.165, 1.54) is 17.7 Å². The van der Waals surface area contributed by atoms with Gasteiger partial charge in [-0.25, -0.2) is 9.37 Å². The van der Waals surface area contributed by atoms with E-state index in [4.69, 9.17) is 4.42 Å². The first kappa shape index (κ1) is 21.7. The number of hydrogen-bond donors (Lipinski definition) is 3. The van der Waals surface area contributed by atoms with Crippen molar-refractivity contribution >= 4 is 29.9 Å². The van der Waals surface area contributed by atoms with Crippen LogP contribution in [0.25, 0.3) is 11.5 Å². The van der Waals surface area contributed by atoms with Crippen molar-refractivity contribution < 1.29 is 13.9 Å². The van der Waals surface area contributed by atoms with Gasteiger partial charge in [0, 0.05) is 19.2 Å². The Hall–Kier alpha value is -2.62. The largest absolute Gasteiger partial charge is 0.505 e. The summed E-state index contributed by atoms with van der Waals surface area (Å²) in [5, 5.41) is 15.4. The van der Waals surface area contributed by atoms with E-state index < -0.39 is 5.82 Å². The topological polar surface area (TPSA) is 82.7 Å². The lowest BCUT2D eigenvalue weighted by Gasteiger charge is -2.11.